The first kappa shape index (κ1) is 26.2. The van der Waals surface area contributed by atoms with Crippen LogP contribution in [0.2, 0.25) is 0 Å². The fourth-order valence-corrected chi connectivity index (χ4v) is 4.68. The Bertz CT molecular complexity index is 1940. The third-order valence-electron chi connectivity index (χ3n) is 6.76. The summed E-state index contributed by atoms with van der Waals surface area (Å²) in [5.41, 5.74) is 4.16. The Morgan fingerprint density at radius 3 is 2.00 bits per heavy atom. The molecule has 6 aromatic rings. The molecule has 0 atom stereocenters. The Kier molecular flexibility index (Phi) is 6.98. The van der Waals surface area contributed by atoms with E-state index in [1.165, 1.54) is 10.9 Å². The van der Waals surface area contributed by atoms with E-state index in [4.69, 9.17) is 0 Å². The normalized spacial score (nSPS) is 10.7. The van der Waals surface area contributed by atoms with Crippen LogP contribution in [-0.2, 0) is 0 Å². The molecule has 0 aliphatic carbocycles. The summed E-state index contributed by atoms with van der Waals surface area (Å²) >= 11 is 0. The Balaban J connectivity index is 1.52. The fourth-order valence-electron chi connectivity index (χ4n) is 4.68. The zero-order chi connectivity index (χ0) is 29.1. The van der Waals surface area contributed by atoms with Gasteiger partial charge in [0.25, 0.3) is 5.91 Å². The standard InChI is InChI=1S/C34H24N6O2/c1-23-17-19-26(20-18-23)39-22-29(31(37-39)34(42)36-25-13-7-3-8-14-25)33(41)30-28(21-35)32(24-11-5-2-6-12-24)40(38-30)27-15-9-4-10-16-27/h2-20,22H,1H3,(H,36,42). The van der Waals surface area contributed by atoms with Crippen LogP contribution in [0.15, 0.2) is 121 Å². The Labute approximate surface area is 242 Å². The fraction of sp³-hybridized carbons (Fsp3) is 0.0294. The number of aromatic nitrogens is 4. The zero-order valence-electron chi connectivity index (χ0n) is 22.6. The van der Waals surface area contributed by atoms with Gasteiger partial charge in [0.2, 0.25) is 5.78 Å². The summed E-state index contributed by atoms with van der Waals surface area (Å²) in [6, 6.07) is 37.3. The molecule has 1 N–H and O–H groups in total. The van der Waals surface area contributed by atoms with E-state index in [1.807, 2.05) is 97.9 Å². The molecule has 0 aliphatic heterocycles. The Morgan fingerprint density at radius 1 is 0.738 bits per heavy atom. The van der Waals surface area contributed by atoms with E-state index in [-0.39, 0.29) is 22.5 Å². The van der Waals surface area contributed by atoms with E-state index in [2.05, 4.69) is 21.6 Å². The summed E-state index contributed by atoms with van der Waals surface area (Å²) in [5, 5.41) is 22.3. The zero-order valence-corrected chi connectivity index (χ0v) is 22.6. The summed E-state index contributed by atoms with van der Waals surface area (Å²) in [5.74, 6) is -1.14. The lowest BCUT2D eigenvalue weighted by atomic mass is 10.0. The van der Waals surface area contributed by atoms with Crippen molar-refractivity contribution in [1.82, 2.24) is 19.6 Å². The van der Waals surface area contributed by atoms with E-state index < -0.39 is 11.7 Å². The maximum Gasteiger partial charge on any atom is 0.276 e. The molecule has 8 nitrogen and oxygen atoms in total. The number of benzene rings is 4. The van der Waals surface area contributed by atoms with Gasteiger partial charge in [-0.2, -0.15) is 15.5 Å². The van der Waals surface area contributed by atoms with Crippen LogP contribution in [0, 0.1) is 18.3 Å². The average molecular weight is 549 g/mol. The number of hydrogen-bond donors (Lipinski definition) is 1. The van der Waals surface area contributed by atoms with Crippen molar-refractivity contribution in [2.24, 2.45) is 0 Å². The van der Waals surface area contributed by atoms with Crippen molar-refractivity contribution in [3.63, 3.8) is 0 Å². The van der Waals surface area contributed by atoms with Gasteiger partial charge in [-0.05, 0) is 43.3 Å². The van der Waals surface area contributed by atoms with Gasteiger partial charge in [-0.1, -0.05) is 84.4 Å². The first-order valence-electron chi connectivity index (χ1n) is 13.3. The van der Waals surface area contributed by atoms with Crippen molar-refractivity contribution in [2.45, 2.75) is 6.92 Å². The average Bonchev–Trinajstić information content (AvgIpc) is 3.65. The third-order valence-corrected chi connectivity index (χ3v) is 6.76. The first-order valence-corrected chi connectivity index (χ1v) is 13.3. The Morgan fingerprint density at radius 2 is 1.36 bits per heavy atom. The second kappa shape index (κ2) is 11.2. The van der Waals surface area contributed by atoms with Crippen molar-refractivity contribution in [3.05, 3.63) is 150 Å². The third kappa shape index (κ3) is 4.98. The highest BCUT2D eigenvalue weighted by Crippen LogP contribution is 2.31. The summed E-state index contributed by atoms with van der Waals surface area (Å²) in [6.45, 7) is 1.97. The predicted molar refractivity (Wildman–Crippen MR) is 160 cm³/mol. The number of nitriles is 1. The highest BCUT2D eigenvalue weighted by atomic mass is 16.2. The molecule has 0 unspecified atom stereocenters. The van der Waals surface area contributed by atoms with E-state index in [0.29, 0.717) is 22.8 Å². The van der Waals surface area contributed by atoms with Gasteiger partial charge in [-0.25, -0.2) is 9.36 Å². The molecular formula is C34H24N6O2. The van der Waals surface area contributed by atoms with Crippen LogP contribution >= 0.6 is 0 Å². The minimum absolute atomic E-state index is 0.0258. The topological polar surface area (TPSA) is 106 Å². The second-order valence-corrected chi connectivity index (χ2v) is 9.62. The van der Waals surface area contributed by atoms with Gasteiger partial charge in [0.05, 0.1) is 22.6 Å². The van der Waals surface area contributed by atoms with Crippen LogP contribution in [0.25, 0.3) is 22.6 Å². The minimum Gasteiger partial charge on any atom is -0.321 e. The van der Waals surface area contributed by atoms with Crippen LogP contribution in [0.1, 0.15) is 37.7 Å². The highest BCUT2D eigenvalue weighted by Gasteiger charge is 2.30. The number of carbonyl (C=O) groups is 2. The molecule has 2 aromatic heterocycles. The van der Waals surface area contributed by atoms with Crippen LogP contribution in [0.5, 0.6) is 0 Å². The molecule has 1 amide bonds. The first-order chi connectivity index (χ1) is 20.5. The summed E-state index contributed by atoms with van der Waals surface area (Å²) in [7, 11) is 0. The minimum atomic E-state index is -0.588. The van der Waals surface area contributed by atoms with Crippen molar-refractivity contribution in [1.29, 1.82) is 5.26 Å². The van der Waals surface area contributed by atoms with E-state index in [1.54, 1.807) is 28.9 Å². The molecule has 8 heteroatoms. The van der Waals surface area contributed by atoms with Crippen molar-refractivity contribution >= 4 is 17.4 Å². The molecule has 0 bridgehead atoms. The molecule has 2 heterocycles. The van der Waals surface area contributed by atoms with Crippen LogP contribution in [-0.4, -0.2) is 31.3 Å². The molecule has 0 saturated carbocycles. The van der Waals surface area contributed by atoms with Gasteiger partial charge in [0.1, 0.15) is 11.6 Å². The van der Waals surface area contributed by atoms with Gasteiger partial charge >= 0.3 is 0 Å². The molecule has 4 aromatic carbocycles. The molecule has 42 heavy (non-hydrogen) atoms. The SMILES string of the molecule is Cc1ccc(-n2cc(C(=O)c3nn(-c4ccccc4)c(-c4ccccc4)c3C#N)c(C(=O)Nc3ccccc3)n2)cc1. The molecule has 202 valence electrons. The van der Waals surface area contributed by atoms with Gasteiger partial charge in [0, 0.05) is 17.4 Å². The number of aryl methyl sites for hydroxylation is 1. The van der Waals surface area contributed by atoms with Gasteiger partial charge < -0.3 is 5.32 Å². The van der Waals surface area contributed by atoms with Crippen LogP contribution < -0.4 is 5.32 Å². The number of carbonyl (C=O) groups excluding carboxylic acids is 2. The number of nitrogens with one attached hydrogen (secondary N) is 1. The molecule has 0 saturated heterocycles. The van der Waals surface area contributed by atoms with Crippen molar-refractivity contribution < 1.29 is 9.59 Å². The van der Waals surface area contributed by atoms with E-state index in [0.717, 1.165) is 11.1 Å². The van der Waals surface area contributed by atoms with Gasteiger partial charge in [-0.15, -0.1) is 0 Å². The smallest absolute Gasteiger partial charge is 0.276 e. The number of nitrogens with zero attached hydrogens (tertiary/aromatic N) is 5. The summed E-state index contributed by atoms with van der Waals surface area (Å²) in [6.07, 6.45) is 1.51. The van der Waals surface area contributed by atoms with Crippen molar-refractivity contribution in [3.8, 4) is 28.7 Å². The van der Waals surface area contributed by atoms with E-state index in [9.17, 15) is 14.9 Å². The lowest BCUT2D eigenvalue weighted by Gasteiger charge is -2.07. The van der Waals surface area contributed by atoms with Crippen molar-refractivity contribution in [2.75, 3.05) is 5.32 Å². The highest BCUT2D eigenvalue weighted by molar-refractivity contribution is 6.17. The number of rotatable bonds is 7. The summed E-state index contributed by atoms with van der Waals surface area (Å²) in [4.78, 5) is 27.8. The molecule has 6 rings (SSSR count). The predicted octanol–water partition coefficient (Wildman–Crippen LogP) is 6.39. The molecule has 0 radical (unpaired) electrons. The van der Waals surface area contributed by atoms with Crippen LogP contribution in [0.4, 0.5) is 5.69 Å². The van der Waals surface area contributed by atoms with Gasteiger partial charge in [-0.3, -0.25) is 9.59 Å². The van der Waals surface area contributed by atoms with E-state index >= 15 is 0 Å². The largest absolute Gasteiger partial charge is 0.321 e. The summed E-state index contributed by atoms with van der Waals surface area (Å²) < 4.78 is 3.08. The number of para-hydroxylation sites is 2. The van der Waals surface area contributed by atoms with Gasteiger partial charge in [0.15, 0.2) is 11.4 Å². The second-order valence-electron chi connectivity index (χ2n) is 9.62. The number of ketones is 1. The lowest BCUT2D eigenvalue weighted by Crippen LogP contribution is -2.17. The molecule has 0 aliphatic rings. The quantitative estimate of drug-likeness (QED) is 0.233. The molecule has 0 spiro atoms. The number of hydrogen-bond acceptors (Lipinski definition) is 5. The molecular weight excluding hydrogens is 524 g/mol. The monoisotopic (exact) mass is 548 g/mol. The Hall–Kier alpha value is -6.07. The lowest BCUT2D eigenvalue weighted by molar-refractivity contribution is 0.0991. The maximum atomic E-state index is 14.3. The maximum absolute atomic E-state index is 14.3. The number of amides is 1. The van der Waals surface area contributed by atoms with Crippen LogP contribution in [0.3, 0.4) is 0 Å². The number of anilines is 1. The molecule has 0 fully saturated rings.